The number of rotatable bonds is 8. The van der Waals surface area contributed by atoms with E-state index in [0.717, 1.165) is 19.0 Å². The second-order valence-electron chi connectivity index (χ2n) is 8.35. The number of likely N-dealkylation sites (tertiary alicyclic amines) is 1. The van der Waals surface area contributed by atoms with Gasteiger partial charge in [0, 0.05) is 26.7 Å². The van der Waals surface area contributed by atoms with Crippen LogP contribution in [0.15, 0.2) is 66.2 Å². The maximum Gasteiger partial charge on any atom is 0.191 e. The number of aromatic nitrogens is 3. The molecule has 2 heterocycles. The molecule has 1 fully saturated rings. The molecular formula is C25H33N7. The Labute approximate surface area is 190 Å². The highest BCUT2D eigenvalue weighted by Crippen LogP contribution is 2.13. The molecular weight excluding hydrogens is 398 g/mol. The molecule has 2 aromatic carbocycles. The second kappa shape index (κ2) is 11.4. The van der Waals surface area contributed by atoms with E-state index in [1.807, 2.05) is 4.68 Å². The third-order valence-corrected chi connectivity index (χ3v) is 5.82. The highest BCUT2D eigenvalue weighted by atomic mass is 15.3. The van der Waals surface area contributed by atoms with Gasteiger partial charge in [0.25, 0.3) is 0 Å². The Kier molecular flexibility index (Phi) is 7.87. The number of nitrogens with one attached hydrogen (secondary N) is 2. The van der Waals surface area contributed by atoms with E-state index >= 15 is 0 Å². The van der Waals surface area contributed by atoms with Crippen LogP contribution in [0.25, 0.3) is 0 Å². The van der Waals surface area contributed by atoms with Crippen LogP contribution in [0.4, 0.5) is 0 Å². The number of hydrogen-bond acceptors (Lipinski definition) is 4. The molecule has 32 heavy (non-hydrogen) atoms. The van der Waals surface area contributed by atoms with E-state index in [-0.39, 0.29) is 0 Å². The lowest BCUT2D eigenvalue weighted by Crippen LogP contribution is -2.36. The van der Waals surface area contributed by atoms with Crippen LogP contribution in [0.5, 0.6) is 0 Å². The van der Waals surface area contributed by atoms with Crippen LogP contribution in [0.1, 0.15) is 41.5 Å². The molecule has 168 valence electrons. The lowest BCUT2D eigenvalue weighted by atomic mass is 10.1. The second-order valence-corrected chi connectivity index (χ2v) is 8.35. The van der Waals surface area contributed by atoms with Gasteiger partial charge in [-0.05, 0) is 48.2 Å². The van der Waals surface area contributed by atoms with Crippen molar-refractivity contribution in [1.82, 2.24) is 30.3 Å². The van der Waals surface area contributed by atoms with E-state index in [0.29, 0.717) is 13.1 Å². The molecule has 7 heteroatoms. The van der Waals surface area contributed by atoms with Crippen molar-refractivity contribution in [3.8, 4) is 0 Å². The van der Waals surface area contributed by atoms with Crippen molar-refractivity contribution in [3.05, 3.63) is 83.4 Å². The van der Waals surface area contributed by atoms with Gasteiger partial charge in [-0.2, -0.15) is 5.10 Å². The minimum absolute atomic E-state index is 0.708. The standard InChI is InChI=1S/C25H33N7/c1-26-25(29-16-23-6-5-7-24(14-23)18-32-20-27-19-30-32)28-15-21-8-10-22(11-9-21)17-31-12-3-2-4-13-31/h5-11,14,19-20H,2-4,12-13,15-18H2,1H3,(H2,26,28,29). The smallest absolute Gasteiger partial charge is 0.191 e. The summed E-state index contributed by atoms with van der Waals surface area (Å²) in [6, 6.07) is 17.4. The molecule has 0 saturated carbocycles. The van der Waals surface area contributed by atoms with Crippen LogP contribution in [-0.4, -0.2) is 45.8 Å². The van der Waals surface area contributed by atoms with Crippen molar-refractivity contribution >= 4 is 5.96 Å². The predicted octanol–water partition coefficient (Wildman–Crippen LogP) is 3.18. The highest BCUT2D eigenvalue weighted by molar-refractivity contribution is 5.79. The number of benzene rings is 2. The lowest BCUT2D eigenvalue weighted by Gasteiger charge is -2.26. The average Bonchev–Trinajstić information content (AvgIpc) is 3.34. The van der Waals surface area contributed by atoms with Gasteiger partial charge in [-0.25, -0.2) is 9.67 Å². The van der Waals surface area contributed by atoms with Gasteiger partial charge in [0.1, 0.15) is 12.7 Å². The molecule has 0 atom stereocenters. The van der Waals surface area contributed by atoms with Crippen LogP contribution in [-0.2, 0) is 26.2 Å². The molecule has 0 spiro atoms. The molecule has 7 nitrogen and oxygen atoms in total. The van der Waals surface area contributed by atoms with Crippen LogP contribution in [0, 0.1) is 0 Å². The summed E-state index contributed by atoms with van der Waals surface area (Å²) in [5.74, 6) is 0.795. The van der Waals surface area contributed by atoms with Crippen molar-refractivity contribution in [2.24, 2.45) is 4.99 Å². The molecule has 0 amide bonds. The fraction of sp³-hybridized carbons (Fsp3) is 0.400. The number of aliphatic imine (C=N–C) groups is 1. The first-order chi connectivity index (χ1) is 15.8. The van der Waals surface area contributed by atoms with Gasteiger partial charge in [-0.15, -0.1) is 0 Å². The minimum Gasteiger partial charge on any atom is -0.352 e. The Morgan fingerprint density at radius 1 is 0.875 bits per heavy atom. The number of piperidine rings is 1. The molecule has 2 N–H and O–H groups in total. The fourth-order valence-corrected chi connectivity index (χ4v) is 4.07. The van der Waals surface area contributed by atoms with E-state index in [9.17, 15) is 0 Å². The molecule has 4 rings (SSSR count). The SMILES string of the molecule is CN=C(NCc1ccc(CN2CCCCC2)cc1)NCc1cccc(Cn2cncn2)c1. The molecule has 1 aromatic heterocycles. The fourth-order valence-electron chi connectivity index (χ4n) is 4.07. The third-order valence-electron chi connectivity index (χ3n) is 5.82. The maximum atomic E-state index is 4.36. The maximum absolute atomic E-state index is 4.36. The van der Waals surface area contributed by atoms with Gasteiger partial charge in [0.15, 0.2) is 5.96 Å². The van der Waals surface area contributed by atoms with Gasteiger partial charge < -0.3 is 10.6 Å². The van der Waals surface area contributed by atoms with Gasteiger partial charge in [-0.1, -0.05) is 55.0 Å². The summed E-state index contributed by atoms with van der Waals surface area (Å²) < 4.78 is 1.82. The van der Waals surface area contributed by atoms with Crippen molar-refractivity contribution in [2.75, 3.05) is 20.1 Å². The summed E-state index contributed by atoms with van der Waals surface area (Å²) >= 11 is 0. The zero-order valence-electron chi connectivity index (χ0n) is 18.9. The first-order valence-electron chi connectivity index (χ1n) is 11.4. The average molecular weight is 432 g/mol. The normalized spacial score (nSPS) is 15.0. The quantitative estimate of drug-likeness (QED) is 0.423. The summed E-state index contributed by atoms with van der Waals surface area (Å²) in [5.41, 5.74) is 5.05. The van der Waals surface area contributed by atoms with Gasteiger partial charge in [0.2, 0.25) is 0 Å². The lowest BCUT2D eigenvalue weighted by molar-refractivity contribution is 0.221. The third kappa shape index (κ3) is 6.65. The van der Waals surface area contributed by atoms with Crippen molar-refractivity contribution in [3.63, 3.8) is 0 Å². The van der Waals surface area contributed by atoms with E-state index in [1.54, 1.807) is 19.7 Å². The van der Waals surface area contributed by atoms with Gasteiger partial charge in [-0.3, -0.25) is 9.89 Å². The largest absolute Gasteiger partial charge is 0.352 e. The van der Waals surface area contributed by atoms with Crippen LogP contribution < -0.4 is 10.6 Å². The van der Waals surface area contributed by atoms with E-state index in [2.05, 4.69) is 79.1 Å². The molecule has 3 aromatic rings. The Hall–Kier alpha value is -3.19. The topological polar surface area (TPSA) is 70.4 Å². The Morgan fingerprint density at radius 3 is 2.31 bits per heavy atom. The van der Waals surface area contributed by atoms with Crippen LogP contribution >= 0.6 is 0 Å². The van der Waals surface area contributed by atoms with E-state index < -0.39 is 0 Å². The first kappa shape index (κ1) is 22.0. The summed E-state index contributed by atoms with van der Waals surface area (Å²) in [4.78, 5) is 10.9. The Morgan fingerprint density at radius 2 is 1.59 bits per heavy atom. The highest BCUT2D eigenvalue weighted by Gasteiger charge is 2.10. The van der Waals surface area contributed by atoms with E-state index in [1.165, 1.54) is 54.6 Å². The molecule has 0 unspecified atom stereocenters. The monoisotopic (exact) mass is 431 g/mol. The zero-order valence-corrected chi connectivity index (χ0v) is 18.9. The summed E-state index contributed by atoms with van der Waals surface area (Å²) in [7, 11) is 1.80. The first-order valence-corrected chi connectivity index (χ1v) is 11.4. The molecule has 1 aliphatic heterocycles. The summed E-state index contributed by atoms with van der Waals surface area (Å²) in [6.45, 7) is 5.69. The number of nitrogens with zero attached hydrogens (tertiary/aromatic N) is 5. The van der Waals surface area contributed by atoms with Crippen LogP contribution in [0.3, 0.4) is 0 Å². The molecule has 1 saturated heterocycles. The molecule has 1 aliphatic rings. The van der Waals surface area contributed by atoms with Gasteiger partial charge >= 0.3 is 0 Å². The van der Waals surface area contributed by atoms with E-state index in [4.69, 9.17) is 0 Å². The number of guanidine groups is 1. The summed E-state index contributed by atoms with van der Waals surface area (Å²) in [5, 5.41) is 11.0. The van der Waals surface area contributed by atoms with Crippen LogP contribution in [0.2, 0.25) is 0 Å². The Bertz CT molecular complexity index is 974. The summed E-state index contributed by atoms with van der Waals surface area (Å²) in [6.07, 6.45) is 7.34. The predicted molar refractivity (Wildman–Crippen MR) is 128 cm³/mol. The zero-order chi connectivity index (χ0) is 22.0. The number of hydrogen-bond donors (Lipinski definition) is 2. The molecule has 0 aliphatic carbocycles. The van der Waals surface area contributed by atoms with Crippen molar-refractivity contribution in [2.45, 2.75) is 45.4 Å². The van der Waals surface area contributed by atoms with Crippen molar-refractivity contribution in [1.29, 1.82) is 0 Å². The van der Waals surface area contributed by atoms with Gasteiger partial charge in [0.05, 0.1) is 6.54 Å². The molecule has 0 bridgehead atoms. The Balaban J connectivity index is 1.23. The minimum atomic E-state index is 0.708. The van der Waals surface area contributed by atoms with Crippen molar-refractivity contribution < 1.29 is 0 Å². The molecule has 0 radical (unpaired) electrons.